The maximum Gasteiger partial charge on any atom is 0.220 e. The fraction of sp³-hybridized carbons (Fsp3) is 0.923. The number of rotatable bonds is 7. The molecule has 0 spiro atoms. The van der Waals surface area contributed by atoms with Gasteiger partial charge in [0.15, 0.2) is 0 Å². The van der Waals surface area contributed by atoms with E-state index in [0.717, 1.165) is 32.3 Å². The molecular weight excluding hydrogens is 216 g/mol. The summed E-state index contributed by atoms with van der Waals surface area (Å²) in [6, 6.07) is 0.118. The molecule has 4 nitrogen and oxygen atoms in total. The number of nitrogens with one attached hydrogen (secondary N) is 1. The minimum atomic E-state index is 0.108. The van der Waals surface area contributed by atoms with Gasteiger partial charge in [-0.25, -0.2) is 0 Å². The van der Waals surface area contributed by atoms with Crippen LogP contribution in [0.5, 0.6) is 0 Å². The van der Waals surface area contributed by atoms with Gasteiger partial charge in [0.1, 0.15) is 0 Å². The number of carbonyl (C=O) groups excluding carboxylic acids is 1. The van der Waals surface area contributed by atoms with Crippen LogP contribution in [0.4, 0.5) is 0 Å². The van der Waals surface area contributed by atoms with Crippen LogP contribution in [0.15, 0.2) is 0 Å². The standard InChI is InChI=1S/C13H26N2O2/c1-10(2)8-11(9-14)15-13(16)6-5-12-4-3-7-17-12/h10-12H,3-9,14H2,1-2H3,(H,15,16). The third-order valence-electron chi connectivity index (χ3n) is 3.12. The quantitative estimate of drug-likeness (QED) is 0.710. The van der Waals surface area contributed by atoms with Gasteiger partial charge in [0.2, 0.25) is 5.91 Å². The highest BCUT2D eigenvalue weighted by molar-refractivity contribution is 5.76. The summed E-state index contributed by atoms with van der Waals surface area (Å²) in [5.74, 6) is 0.665. The molecule has 0 aromatic carbocycles. The Balaban J connectivity index is 2.17. The van der Waals surface area contributed by atoms with Crippen molar-refractivity contribution in [2.24, 2.45) is 11.7 Å². The zero-order valence-corrected chi connectivity index (χ0v) is 11.1. The fourth-order valence-electron chi connectivity index (χ4n) is 2.25. The molecule has 1 amide bonds. The highest BCUT2D eigenvalue weighted by Crippen LogP contribution is 2.16. The van der Waals surface area contributed by atoms with Crippen molar-refractivity contribution >= 4 is 5.91 Å². The Morgan fingerprint density at radius 3 is 2.82 bits per heavy atom. The molecule has 17 heavy (non-hydrogen) atoms. The lowest BCUT2D eigenvalue weighted by Crippen LogP contribution is -2.41. The molecule has 0 saturated carbocycles. The lowest BCUT2D eigenvalue weighted by atomic mass is 10.0. The number of carbonyl (C=O) groups is 1. The van der Waals surface area contributed by atoms with Gasteiger partial charge in [-0.15, -0.1) is 0 Å². The molecule has 2 unspecified atom stereocenters. The van der Waals surface area contributed by atoms with Crippen LogP contribution in [0, 0.1) is 5.92 Å². The Kier molecular flexibility index (Phi) is 6.52. The van der Waals surface area contributed by atoms with Gasteiger partial charge in [-0.3, -0.25) is 4.79 Å². The van der Waals surface area contributed by atoms with Crippen LogP contribution in [0.3, 0.4) is 0 Å². The van der Waals surface area contributed by atoms with Crippen molar-refractivity contribution in [2.45, 2.75) is 58.1 Å². The summed E-state index contributed by atoms with van der Waals surface area (Å²) < 4.78 is 5.49. The zero-order chi connectivity index (χ0) is 12.7. The van der Waals surface area contributed by atoms with Gasteiger partial charge >= 0.3 is 0 Å². The zero-order valence-electron chi connectivity index (χ0n) is 11.1. The average Bonchev–Trinajstić information content (AvgIpc) is 2.77. The van der Waals surface area contributed by atoms with Crippen LogP contribution in [-0.4, -0.2) is 31.2 Å². The Morgan fingerprint density at radius 2 is 2.29 bits per heavy atom. The van der Waals surface area contributed by atoms with Gasteiger partial charge < -0.3 is 15.8 Å². The van der Waals surface area contributed by atoms with Crippen LogP contribution < -0.4 is 11.1 Å². The van der Waals surface area contributed by atoms with E-state index >= 15 is 0 Å². The predicted octanol–water partition coefficient (Wildman–Crippen LogP) is 1.44. The van der Waals surface area contributed by atoms with Crippen LogP contribution in [0.1, 0.15) is 46.0 Å². The van der Waals surface area contributed by atoms with E-state index in [0.29, 0.717) is 25.0 Å². The molecule has 1 saturated heterocycles. The van der Waals surface area contributed by atoms with Crippen LogP contribution in [0.2, 0.25) is 0 Å². The number of amides is 1. The maximum atomic E-state index is 11.7. The molecular formula is C13H26N2O2. The van der Waals surface area contributed by atoms with E-state index in [1.54, 1.807) is 0 Å². The molecule has 3 N–H and O–H groups in total. The first kappa shape index (κ1) is 14.5. The second-order valence-electron chi connectivity index (χ2n) is 5.30. The van der Waals surface area contributed by atoms with E-state index in [1.165, 1.54) is 0 Å². The van der Waals surface area contributed by atoms with Crippen molar-refractivity contribution in [3.8, 4) is 0 Å². The molecule has 0 aliphatic carbocycles. The third-order valence-corrected chi connectivity index (χ3v) is 3.12. The molecule has 1 heterocycles. The van der Waals surface area contributed by atoms with Gasteiger partial charge in [-0.05, 0) is 31.6 Å². The smallest absolute Gasteiger partial charge is 0.220 e. The molecule has 1 fully saturated rings. The second-order valence-corrected chi connectivity index (χ2v) is 5.30. The van der Waals surface area contributed by atoms with Gasteiger partial charge in [-0.2, -0.15) is 0 Å². The number of hydrogen-bond acceptors (Lipinski definition) is 3. The molecule has 1 aliphatic rings. The van der Waals surface area contributed by atoms with Crippen molar-refractivity contribution in [2.75, 3.05) is 13.2 Å². The van der Waals surface area contributed by atoms with E-state index in [9.17, 15) is 4.79 Å². The number of ether oxygens (including phenoxy) is 1. The summed E-state index contributed by atoms with van der Waals surface area (Å²) in [5.41, 5.74) is 5.65. The van der Waals surface area contributed by atoms with E-state index in [4.69, 9.17) is 10.5 Å². The molecule has 1 rings (SSSR count). The van der Waals surface area contributed by atoms with Crippen LogP contribution >= 0.6 is 0 Å². The summed E-state index contributed by atoms with van der Waals surface area (Å²) in [4.78, 5) is 11.7. The van der Waals surface area contributed by atoms with E-state index in [1.807, 2.05) is 0 Å². The first-order valence-corrected chi connectivity index (χ1v) is 6.72. The molecule has 2 atom stereocenters. The van der Waals surface area contributed by atoms with Crippen molar-refractivity contribution < 1.29 is 9.53 Å². The first-order valence-electron chi connectivity index (χ1n) is 6.72. The number of hydrogen-bond donors (Lipinski definition) is 2. The molecule has 100 valence electrons. The molecule has 0 aromatic heterocycles. The van der Waals surface area contributed by atoms with E-state index < -0.39 is 0 Å². The minimum absolute atomic E-state index is 0.108. The number of nitrogens with two attached hydrogens (primary N) is 1. The minimum Gasteiger partial charge on any atom is -0.378 e. The average molecular weight is 242 g/mol. The van der Waals surface area contributed by atoms with Gasteiger partial charge in [0, 0.05) is 25.6 Å². The highest BCUT2D eigenvalue weighted by atomic mass is 16.5. The predicted molar refractivity (Wildman–Crippen MR) is 68.6 cm³/mol. The fourth-order valence-corrected chi connectivity index (χ4v) is 2.25. The SMILES string of the molecule is CC(C)CC(CN)NC(=O)CCC1CCCO1. The van der Waals surface area contributed by atoms with Crippen molar-refractivity contribution in [3.05, 3.63) is 0 Å². The van der Waals surface area contributed by atoms with Crippen molar-refractivity contribution in [3.63, 3.8) is 0 Å². The molecule has 0 bridgehead atoms. The molecule has 1 aliphatic heterocycles. The molecule has 0 aromatic rings. The second kappa shape index (κ2) is 7.67. The molecule has 4 heteroatoms. The summed E-state index contributed by atoms with van der Waals surface area (Å²) in [5, 5.41) is 3.00. The monoisotopic (exact) mass is 242 g/mol. The Morgan fingerprint density at radius 1 is 1.53 bits per heavy atom. The Bertz CT molecular complexity index is 225. The third kappa shape index (κ3) is 6.03. The van der Waals surface area contributed by atoms with Crippen LogP contribution in [0.25, 0.3) is 0 Å². The Labute approximate surface area is 104 Å². The van der Waals surface area contributed by atoms with E-state index in [2.05, 4.69) is 19.2 Å². The lowest BCUT2D eigenvalue weighted by molar-refractivity contribution is -0.122. The molecule has 0 radical (unpaired) electrons. The highest BCUT2D eigenvalue weighted by Gasteiger charge is 2.18. The van der Waals surface area contributed by atoms with E-state index in [-0.39, 0.29) is 11.9 Å². The topological polar surface area (TPSA) is 64.3 Å². The maximum absolute atomic E-state index is 11.7. The Hall–Kier alpha value is -0.610. The lowest BCUT2D eigenvalue weighted by Gasteiger charge is -2.19. The summed E-state index contributed by atoms with van der Waals surface area (Å²) >= 11 is 0. The van der Waals surface area contributed by atoms with Gasteiger partial charge in [0.05, 0.1) is 6.10 Å². The van der Waals surface area contributed by atoms with Gasteiger partial charge in [0.25, 0.3) is 0 Å². The normalized spacial score (nSPS) is 21.8. The summed E-state index contributed by atoms with van der Waals surface area (Å²) in [7, 11) is 0. The van der Waals surface area contributed by atoms with Crippen molar-refractivity contribution in [1.82, 2.24) is 5.32 Å². The van der Waals surface area contributed by atoms with Crippen molar-refractivity contribution in [1.29, 1.82) is 0 Å². The summed E-state index contributed by atoms with van der Waals surface area (Å²) in [6.07, 6.45) is 4.86. The summed E-state index contributed by atoms with van der Waals surface area (Å²) in [6.45, 7) is 5.65. The first-order chi connectivity index (χ1) is 8.11. The van der Waals surface area contributed by atoms with Gasteiger partial charge in [-0.1, -0.05) is 13.8 Å². The largest absolute Gasteiger partial charge is 0.378 e. The van der Waals surface area contributed by atoms with Crippen LogP contribution in [-0.2, 0) is 9.53 Å².